The number of fused-ring (bicyclic) bond motifs is 1. The normalized spacial score (nSPS) is 40.8. The van der Waals surface area contributed by atoms with Gasteiger partial charge < -0.3 is 10.1 Å². The van der Waals surface area contributed by atoms with Crippen LogP contribution in [-0.2, 0) is 4.79 Å². The second-order valence-corrected chi connectivity index (χ2v) is 6.21. The van der Waals surface area contributed by atoms with Gasteiger partial charge >= 0.3 is 0 Å². The van der Waals surface area contributed by atoms with Crippen molar-refractivity contribution in [3.63, 3.8) is 0 Å². The summed E-state index contributed by atoms with van der Waals surface area (Å²) in [7, 11) is 0. The van der Waals surface area contributed by atoms with Gasteiger partial charge in [0.1, 0.15) is 19.0 Å². The van der Waals surface area contributed by atoms with Crippen molar-refractivity contribution >= 4 is 12.5 Å². The number of nitrogens with one attached hydrogen (secondary N) is 1. The molecule has 3 aliphatic heterocycles. The van der Waals surface area contributed by atoms with Crippen molar-refractivity contribution < 1.29 is 9.37 Å². The standard InChI is InChI=1S/C15H25N2O/c18-11-13-9-12(14-5-1-3-7-16-14)10-17-8-4-2-6-15(13)17/h10-16H,1-9H2/q+1/t12-,13-,14-,15+/m1/s1. The lowest BCUT2D eigenvalue weighted by molar-refractivity contribution is -0.584. The molecule has 1 N–H and O–H groups in total. The SMILES string of the molecule is O=C[C@H]1C[C@@H]([C@H]2CCCCN2)C=[N+]2CCCC[C@@H]12. The summed E-state index contributed by atoms with van der Waals surface area (Å²) in [6, 6.07) is 1.13. The lowest BCUT2D eigenvalue weighted by Gasteiger charge is -2.36. The number of hydrogen-bond acceptors (Lipinski definition) is 2. The van der Waals surface area contributed by atoms with Crippen LogP contribution in [0.4, 0.5) is 0 Å². The largest absolute Gasteiger partial charge is 0.313 e. The van der Waals surface area contributed by atoms with Crippen molar-refractivity contribution in [2.45, 2.75) is 57.0 Å². The molecule has 0 saturated carbocycles. The molecule has 0 radical (unpaired) electrons. The van der Waals surface area contributed by atoms with Crippen LogP contribution in [0.1, 0.15) is 44.9 Å². The molecule has 0 aromatic heterocycles. The first-order chi connectivity index (χ1) is 8.88. The van der Waals surface area contributed by atoms with E-state index in [0.29, 0.717) is 18.0 Å². The van der Waals surface area contributed by atoms with Crippen molar-refractivity contribution in [1.82, 2.24) is 5.32 Å². The third kappa shape index (κ3) is 2.37. The minimum absolute atomic E-state index is 0.268. The monoisotopic (exact) mass is 249 g/mol. The summed E-state index contributed by atoms with van der Waals surface area (Å²) in [6.07, 6.45) is 12.5. The lowest BCUT2D eigenvalue weighted by atomic mass is 9.78. The molecule has 0 aromatic rings. The van der Waals surface area contributed by atoms with Gasteiger partial charge in [-0.25, -0.2) is 4.58 Å². The van der Waals surface area contributed by atoms with E-state index in [1.165, 1.54) is 44.8 Å². The quantitative estimate of drug-likeness (QED) is 0.595. The second-order valence-electron chi connectivity index (χ2n) is 6.21. The van der Waals surface area contributed by atoms with Gasteiger partial charge in [0.25, 0.3) is 0 Å². The fourth-order valence-corrected chi connectivity index (χ4v) is 4.06. The van der Waals surface area contributed by atoms with Crippen LogP contribution in [-0.4, -0.2) is 42.2 Å². The van der Waals surface area contributed by atoms with E-state index in [4.69, 9.17) is 0 Å². The van der Waals surface area contributed by atoms with Crippen LogP contribution < -0.4 is 5.32 Å². The molecule has 3 heterocycles. The molecule has 0 bridgehead atoms. The molecule has 18 heavy (non-hydrogen) atoms. The Hall–Kier alpha value is -0.700. The van der Waals surface area contributed by atoms with E-state index in [1.807, 2.05) is 0 Å². The van der Waals surface area contributed by atoms with E-state index < -0.39 is 0 Å². The van der Waals surface area contributed by atoms with Crippen LogP contribution >= 0.6 is 0 Å². The van der Waals surface area contributed by atoms with Crippen molar-refractivity contribution in [3.8, 4) is 0 Å². The predicted octanol–water partition coefficient (Wildman–Crippen LogP) is 1.60. The second kappa shape index (κ2) is 5.52. The molecule has 3 rings (SSSR count). The van der Waals surface area contributed by atoms with Gasteiger partial charge in [0.2, 0.25) is 0 Å². The Morgan fingerprint density at radius 3 is 2.83 bits per heavy atom. The highest BCUT2D eigenvalue weighted by Gasteiger charge is 2.41. The summed E-state index contributed by atoms with van der Waals surface area (Å²) in [5, 5.41) is 3.66. The third-order valence-electron chi connectivity index (χ3n) is 5.05. The maximum Gasteiger partial charge on any atom is 0.161 e. The van der Waals surface area contributed by atoms with E-state index in [0.717, 1.165) is 19.5 Å². The number of rotatable bonds is 2. The molecule has 0 aromatic carbocycles. The summed E-state index contributed by atoms with van der Waals surface area (Å²) in [6.45, 7) is 2.32. The molecule has 0 unspecified atom stereocenters. The van der Waals surface area contributed by atoms with E-state index in [-0.39, 0.29) is 5.92 Å². The van der Waals surface area contributed by atoms with Gasteiger partial charge in [-0.05, 0) is 32.2 Å². The van der Waals surface area contributed by atoms with E-state index >= 15 is 0 Å². The maximum absolute atomic E-state index is 11.4. The fraction of sp³-hybridized carbons (Fsp3) is 0.867. The summed E-state index contributed by atoms with van der Waals surface area (Å²) >= 11 is 0. The highest BCUT2D eigenvalue weighted by atomic mass is 16.1. The van der Waals surface area contributed by atoms with E-state index in [9.17, 15) is 4.79 Å². The number of nitrogens with zero attached hydrogens (tertiary/aromatic N) is 1. The minimum Gasteiger partial charge on any atom is -0.313 e. The summed E-state index contributed by atoms with van der Waals surface area (Å²) in [5.74, 6) is 0.846. The Balaban J connectivity index is 1.77. The molecular formula is C15H25N2O+. The Bertz CT molecular complexity index is 333. The average molecular weight is 249 g/mol. The third-order valence-corrected chi connectivity index (χ3v) is 5.05. The molecular weight excluding hydrogens is 224 g/mol. The van der Waals surface area contributed by atoms with Gasteiger partial charge in [-0.1, -0.05) is 6.42 Å². The number of piperidine rings is 2. The smallest absolute Gasteiger partial charge is 0.161 e. The lowest BCUT2D eigenvalue weighted by Crippen LogP contribution is -2.50. The van der Waals surface area contributed by atoms with E-state index in [1.54, 1.807) is 0 Å². The van der Waals surface area contributed by atoms with Gasteiger partial charge in [0, 0.05) is 18.9 Å². The first kappa shape index (κ1) is 12.3. The van der Waals surface area contributed by atoms with Crippen LogP contribution in [0, 0.1) is 11.8 Å². The van der Waals surface area contributed by atoms with E-state index in [2.05, 4.69) is 16.1 Å². The highest BCUT2D eigenvalue weighted by Crippen LogP contribution is 2.30. The Morgan fingerprint density at radius 2 is 2.06 bits per heavy atom. The molecule has 0 spiro atoms. The molecule has 2 fully saturated rings. The topological polar surface area (TPSA) is 32.1 Å². The van der Waals surface area contributed by atoms with Gasteiger partial charge in [-0.3, -0.25) is 0 Å². The Kier molecular flexibility index (Phi) is 3.78. The minimum atomic E-state index is 0.268. The fourth-order valence-electron chi connectivity index (χ4n) is 4.06. The molecule has 0 aliphatic carbocycles. The van der Waals surface area contributed by atoms with Gasteiger partial charge in [-0.15, -0.1) is 0 Å². The molecule has 4 atom stereocenters. The Morgan fingerprint density at radius 1 is 1.17 bits per heavy atom. The number of aldehydes is 1. The molecule has 100 valence electrons. The van der Waals surface area contributed by atoms with Gasteiger partial charge in [0.05, 0.1) is 11.8 Å². The molecule has 3 heteroatoms. The van der Waals surface area contributed by atoms with Crippen molar-refractivity contribution in [2.75, 3.05) is 13.1 Å². The van der Waals surface area contributed by atoms with Gasteiger partial charge in [-0.2, -0.15) is 0 Å². The van der Waals surface area contributed by atoms with Crippen LogP contribution in [0.3, 0.4) is 0 Å². The maximum atomic E-state index is 11.4. The van der Waals surface area contributed by atoms with Crippen LogP contribution in [0.25, 0.3) is 0 Å². The highest BCUT2D eigenvalue weighted by molar-refractivity contribution is 5.62. The summed E-state index contributed by atoms with van der Waals surface area (Å²) in [4.78, 5) is 11.4. The van der Waals surface area contributed by atoms with Crippen molar-refractivity contribution in [1.29, 1.82) is 0 Å². The zero-order valence-corrected chi connectivity index (χ0v) is 11.2. The van der Waals surface area contributed by atoms with Crippen LogP contribution in [0.15, 0.2) is 0 Å². The first-order valence-electron chi connectivity index (χ1n) is 7.68. The first-order valence-corrected chi connectivity index (χ1v) is 7.68. The molecule has 0 amide bonds. The number of carbonyl (C=O) groups is 1. The van der Waals surface area contributed by atoms with Crippen molar-refractivity contribution in [3.05, 3.63) is 0 Å². The Labute approximate surface area is 110 Å². The summed E-state index contributed by atoms with van der Waals surface area (Å²) in [5.41, 5.74) is 0. The molecule has 2 saturated heterocycles. The zero-order valence-electron chi connectivity index (χ0n) is 11.2. The van der Waals surface area contributed by atoms with Crippen LogP contribution in [0.5, 0.6) is 0 Å². The van der Waals surface area contributed by atoms with Crippen LogP contribution in [0.2, 0.25) is 0 Å². The zero-order chi connectivity index (χ0) is 12.4. The van der Waals surface area contributed by atoms with Crippen molar-refractivity contribution in [2.24, 2.45) is 11.8 Å². The molecule has 3 aliphatic rings. The number of carbonyl (C=O) groups excluding carboxylic acids is 1. The van der Waals surface area contributed by atoms with Gasteiger partial charge in [0.15, 0.2) is 6.04 Å². The average Bonchev–Trinajstić information content (AvgIpc) is 2.47. The summed E-state index contributed by atoms with van der Waals surface area (Å²) < 4.78 is 2.49. The molecule has 3 nitrogen and oxygen atoms in total. The number of hydrogen-bond donors (Lipinski definition) is 1. The predicted molar refractivity (Wildman–Crippen MR) is 72.1 cm³/mol.